The molecule has 2 aliphatic heterocycles. The van der Waals surface area contributed by atoms with Crippen LogP contribution in [0, 0.1) is 6.92 Å². The number of alkyl halides is 1. The Morgan fingerprint density at radius 2 is 1.76 bits per heavy atom. The van der Waals surface area contributed by atoms with Gasteiger partial charge in [0.2, 0.25) is 11.8 Å². The molecule has 2 fully saturated rings. The number of aryl methyl sites for hydroxylation is 1. The molecule has 2 N–H and O–H groups in total. The molecular formula is C30H35IN6O4. The number of oxazole rings is 1. The number of nitrogens with zero attached hydrogens (tertiary/aromatic N) is 4. The number of amides is 3. The van der Waals surface area contributed by atoms with Crippen LogP contribution in [0.1, 0.15) is 51.6 Å². The molecule has 0 bridgehead atoms. The fraction of sp³-hybridized carbons (Fsp3) is 0.400. The molecule has 5 rings (SSSR count). The average Bonchev–Trinajstić information content (AvgIpc) is 3.64. The Labute approximate surface area is 253 Å². The zero-order valence-corrected chi connectivity index (χ0v) is 25.4. The van der Waals surface area contributed by atoms with Gasteiger partial charge in [0.15, 0.2) is 5.69 Å². The Kier molecular flexibility index (Phi) is 9.42. The number of benzene rings is 2. The van der Waals surface area contributed by atoms with Gasteiger partial charge in [-0.1, -0.05) is 40.8 Å². The van der Waals surface area contributed by atoms with Crippen molar-refractivity contribution in [2.24, 2.45) is 0 Å². The lowest BCUT2D eigenvalue weighted by molar-refractivity contribution is -0.127. The maximum atomic E-state index is 13.1. The number of para-hydroxylation sites is 1. The molecule has 0 saturated carbocycles. The Morgan fingerprint density at radius 3 is 2.44 bits per heavy atom. The van der Waals surface area contributed by atoms with Crippen molar-refractivity contribution in [1.29, 1.82) is 0 Å². The molecule has 2 aliphatic rings. The number of hydrogen-bond acceptors (Lipinski definition) is 7. The zero-order chi connectivity index (χ0) is 28.8. The predicted octanol–water partition coefficient (Wildman–Crippen LogP) is 4.24. The van der Waals surface area contributed by atoms with Gasteiger partial charge in [0.25, 0.3) is 11.8 Å². The number of halogens is 1. The number of rotatable bonds is 10. The first-order chi connectivity index (χ1) is 19.9. The third-order valence-electron chi connectivity index (χ3n) is 7.54. The van der Waals surface area contributed by atoms with Crippen molar-refractivity contribution in [3.63, 3.8) is 0 Å². The van der Waals surface area contributed by atoms with E-state index in [9.17, 15) is 14.4 Å². The fourth-order valence-electron chi connectivity index (χ4n) is 5.34. The molecule has 11 heteroatoms. The molecule has 3 heterocycles. The SMILES string of the molecule is Cc1ccccc1N1CCN(c2ccc(C(=O)NCCCN3CCCC3=O)cc2NC(=O)c2coc(CI)n2)CC1. The molecule has 0 atom stereocenters. The van der Waals surface area contributed by atoms with E-state index in [0.717, 1.165) is 44.8 Å². The van der Waals surface area contributed by atoms with Crippen LogP contribution in [0.25, 0.3) is 0 Å². The summed E-state index contributed by atoms with van der Waals surface area (Å²) in [5.74, 6) is 0.0482. The van der Waals surface area contributed by atoms with Crippen LogP contribution in [0.5, 0.6) is 0 Å². The summed E-state index contributed by atoms with van der Waals surface area (Å²) in [4.78, 5) is 48.7. The molecule has 216 valence electrons. The van der Waals surface area contributed by atoms with Gasteiger partial charge in [0.1, 0.15) is 6.26 Å². The smallest absolute Gasteiger partial charge is 0.277 e. The van der Waals surface area contributed by atoms with E-state index in [1.807, 2.05) is 17.0 Å². The molecule has 0 unspecified atom stereocenters. The molecule has 2 aromatic carbocycles. The van der Waals surface area contributed by atoms with E-state index in [1.54, 1.807) is 12.1 Å². The topological polar surface area (TPSA) is 111 Å². The number of anilines is 3. The van der Waals surface area contributed by atoms with Crippen molar-refractivity contribution in [2.75, 3.05) is 60.9 Å². The number of aromatic nitrogens is 1. The molecule has 2 saturated heterocycles. The second kappa shape index (κ2) is 13.4. The van der Waals surface area contributed by atoms with Crippen LogP contribution >= 0.6 is 22.6 Å². The first-order valence-electron chi connectivity index (χ1n) is 14.0. The Hall–Kier alpha value is -3.61. The van der Waals surface area contributed by atoms with Gasteiger partial charge in [-0.25, -0.2) is 4.98 Å². The van der Waals surface area contributed by atoms with Crippen LogP contribution in [0.4, 0.5) is 17.1 Å². The minimum atomic E-state index is -0.391. The van der Waals surface area contributed by atoms with Crippen LogP contribution in [-0.2, 0) is 9.22 Å². The third kappa shape index (κ3) is 7.00. The highest BCUT2D eigenvalue weighted by molar-refractivity contribution is 14.1. The maximum Gasteiger partial charge on any atom is 0.277 e. The van der Waals surface area contributed by atoms with Gasteiger partial charge in [0, 0.05) is 63.5 Å². The van der Waals surface area contributed by atoms with E-state index in [-0.39, 0.29) is 17.5 Å². The zero-order valence-electron chi connectivity index (χ0n) is 23.2. The minimum absolute atomic E-state index is 0.185. The van der Waals surface area contributed by atoms with Crippen LogP contribution in [-0.4, -0.2) is 73.4 Å². The second-order valence-electron chi connectivity index (χ2n) is 10.3. The Bertz CT molecular complexity index is 1400. The highest BCUT2D eigenvalue weighted by Gasteiger charge is 2.23. The molecule has 3 amide bonds. The maximum absolute atomic E-state index is 13.1. The summed E-state index contributed by atoms with van der Waals surface area (Å²) in [7, 11) is 0. The molecule has 0 spiro atoms. The fourth-order valence-corrected chi connectivity index (χ4v) is 5.69. The Morgan fingerprint density at radius 1 is 1.00 bits per heavy atom. The number of nitrogens with one attached hydrogen (secondary N) is 2. The van der Waals surface area contributed by atoms with E-state index in [1.165, 1.54) is 17.5 Å². The molecular weight excluding hydrogens is 635 g/mol. The van der Waals surface area contributed by atoms with E-state index in [0.29, 0.717) is 47.5 Å². The molecule has 1 aromatic heterocycles. The van der Waals surface area contributed by atoms with Crippen molar-refractivity contribution in [2.45, 2.75) is 30.6 Å². The van der Waals surface area contributed by atoms with Crippen molar-refractivity contribution in [3.05, 3.63) is 71.4 Å². The normalized spacial score (nSPS) is 15.4. The largest absolute Gasteiger partial charge is 0.447 e. The molecule has 41 heavy (non-hydrogen) atoms. The summed E-state index contributed by atoms with van der Waals surface area (Å²) >= 11 is 2.13. The molecule has 10 nitrogen and oxygen atoms in total. The quantitative estimate of drug-likeness (QED) is 0.189. The molecule has 0 radical (unpaired) electrons. The van der Waals surface area contributed by atoms with Crippen LogP contribution in [0.2, 0.25) is 0 Å². The lowest BCUT2D eigenvalue weighted by Gasteiger charge is -2.38. The van der Waals surface area contributed by atoms with Gasteiger partial charge in [-0.2, -0.15) is 0 Å². The van der Waals surface area contributed by atoms with E-state index < -0.39 is 5.91 Å². The number of carbonyl (C=O) groups is 3. The minimum Gasteiger partial charge on any atom is -0.447 e. The summed E-state index contributed by atoms with van der Waals surface area (Å²) in [5, 5.41) is 5.93. The van der Waals surface area contributed by atoms with Gasteiger partial charge in [0.05, 0.1) is 15.8 Å². The lowest BCUT2D eigenvalue weighted by Crippen LogP contribution is -2.47. The van der Waals surface area contributed by atoms with Crippen LogP contribution in [0.15, 0.2) is 53.1 Å². The van der Waals surface area contributed by atoms with Crippen LogP contribution < -0.4 is 20.4 Å². The highest BCUT2D eigenvalue weighted by Crippen LogP contribution is 2.30. The number of piperazine rings is 1. The number of hydrogen-bond donors (Lipinski definition) is 2. The van der Waals surface area contributed by atoms with Gasteiger partial charge in [-0.15, -0.1) is 0 Å². The van der Waals surface area contributed by atoms with Crippen LogP contribution in [0.3, 0.4) is 0 Å². The van der Waals surface area contributed by atoms with Crippen molar-refractivity contribution < 1.29 is 18.8 Å². The van der Waals surface area contributed by atoms with E-state index in [2.05, 4.69) is 73.1 Å². The lowest BCUT2D eigenvalue weighted by atomic mass is 10.1. The molecule has 3 aromatic rings. The van der Waals surface area contributed by atoms with Crippen molar-refractivity contribution >= 4 is 57.4 Å². The first kappa shape index (κ1) is 28.9. The van der Waals surface area contributed by atoms with Gasteiger partial charge < -0.3 is 29.8 Å². The second-order valence-corrected chi connectivity index (χ2v) is 11.1. The summed E-state index contributed by atoms with van der Waals surface area (Å²) in [5.41, 5.74) is 4.53. The van der Waals surface area contributed by atoms with Gasteiger partial charge in [-0.05, 0) is 49.6 Å². The number of carbonyl (C=O) groups excluding carboxylic acids is 3. The number of likely N-dealkylation sites (tertiary alicyclic amines) is 1. The summed E-state index contributed by atoms with van der Waals surface area (Å²) in [6, 6.07) is 13.8. The van der Waals surface area contributed by atoms with Crippen molar-refractivity contribution in [3.8, 4) is 0 Å². The first-order valence-corrected chi connectivity index (χ1v) is 15.5. The van der Waals surface area contributed by atoms with Crippen molar-refractivity contribution in [1.82, 2.24) is 15.2 Å². The van der Waals surface area contributed by atoms with E-state index >= 15 is 0 Å². The third-order valence-corrected chi connectivity index (χ3v) is 8.20. The van der Waals surface area contributed by atoms with E-state index in [4.69, 9.17) is 4.42 Å². The monoisotopic (exact) mass is 670 g/mol. The van der Waals surface area contributed by atoms with Gasteiger partial charge >= 0.3 is 0 Å². The summed E-state index contributed by atoms with van der Waals surface area (Å²) < 4.78 is 5.92. The molecule has 0 aliphatic carbocycles. The predicted molar refractivity (Wildman–Crippen MR) is 167 cm³/mol. The standard InChI is InChI=1S/C30H35IN6O4/c1-21-6-2-3-7-25(21)35-14-16-36(17-15-35)26-10-9-22(29(39)32-11-5-13-37-12-4-8-28(37)38)18-23(26)34-30(40)24-20-41-27(19-31)33-24/h2-3,6-7,9-10,18,20H,4-5,8,11-17,19H2,1H3,(H,32,39)(H,34,40). The summed E-state index contributed by atoms with van der Waals surface area (Å²) in [6.45, 7) is 7.22. The highest BCUT2D eigenvalue weighted by atomic mass is 127. The summed E-state index contributed by atoms with van der Waals surface area (Å²) in [6.07, 6.45) is 3.56. The Balaban J connectivity index is 1.29. The van der Waals surface area contributed by atoms with Gasteiger partial charge in [-0.3, -0.25) is 14.4 Å². The average molecular weight is 671 g/mol.